The Kier molecular flexibility index (Phi) is 6.29. The topological polar surface area (TPSA) is 57.0 Å². The molecule has 1 heterocycles. The third-order valence-corrected chi connectivity index (χ3v) is 5.33. The Morgan fingerprint density at radius 3 is 2.44 bits per heavy atom. The first-order valence-corrected chi connectivity index (χ1v) is 9.85. The molecule has 0 saturated carbocycles. The minimum absolute atomic E-state index is 0.117. The van der Waals surface area contributed by atoms with E-state index in [9.17, 15) is 4.79 Å². The van der Waals surface area contributed by atoms with E-state index in [4.69, 9.17) is 4.74 Å². The fourth-order valence-corrected chi connectivity index (χ4v) is 3.51. The van der Waals surface area contributed by atoms with Crippen molar-refractivity contribution in [3.05, 3.63) is 66.0 Å². The molecule has 140 valence electrons. The number of benzene rings is 2. The molecule has 0 aliphatic carbocycles. The van der Waals surface area contributed by atoms with Crippen molar-refractivity contribution in [3.8, 4) is 11.4 Å². The zero-order valence-corrected chi connectivity index (χ0v) is 16.6. The monoisotopic (exact) mass is 381 g/mol. The zero-order valence-electron chi connectivity index (χ0n) is 15.8. The van der Waals surface area contributed by atoms with Gasteiger partial charge < -0.3 is 4.74 Å². The molecule has 0 bridgehead atoms. The van der Waals surface area contributed by atoms with Crippen molar-refractivity contribution in [3.63, 3.8) is 0 Å². The van der Waals surface area contributed by atoms with Crippen molar-refractivity contribution >= 4 is 17.5 Å². The van der Waals surface area contributed by atoms with Crippen molar-refractivity contribution in [2.45, 2.75) is 37.6 Å². The molecule has 0 saturated heterocycles. The maximum atomic E-state index is 11.7. The summed E-state index contributed by atoms with van der Waals surface area (Å²) in [5, 5.41) is 9.31. The number of ether oxygens (including phenoxy) is 1. The summed E-state index contributed by atoms with van der Waals surface area (Å²) in [6, 6.07) is 18.0. The number of aromatic nitrogens is 3. The van der Waals surface area contributed by atoms with Gasteiger partial charge in [-0.3, -0.25) is 9.36 Å². The van der Waals surface area contributed by atoms with Gasteiger partial charge in [-0.05, 0) is 50.6 Å². The summed E-state index contributed by atoms with van der Waals surface area (Å²) in [4.78, 5) is 11.7. The number of ketones is 1. The Labute approximate surface area is 163 Å². The molecule has 6 heteroatoms. The van der Waals surface area contributed by atoms with Crippen LogP contribution in [-0.4, -0.2) is 32.4 Å². The summed E-state index contributed by atoms with van der Waals surface area (Å²) in [6.07, 6.45) is 0.663. The molecule has 2 aromatic carbocycles. The normalized spacial score (nSPS) is 12.0. The first-order chi connectivity index (χ1) is 13.1. The summed E-state index contributed by atoms with van der Waals surface area (Å²) in [7, 11) is 0. The lowest BCUT2D eigenvalue weighted by Gasteiger charge is -2.13. The molecule has 1 unspecified atom stereocenters. The van der Waals surface area contributed by atoms with E-state index in [1.807, 2.05) is 60.9 Å². The van der Waals surface area contributed by atoms with Crippen LogP contribution in [0.1, 0.15) is 32.2 Å². The van der Waals surface area contributed by atoms with Crippen LogP contribution >= 0.6 is 11.8 Å². The van der Waals surface area contributed by atoms with Gasteiger partial charge in [-0.25, -0.2) is 0 Å². The molecule has 0 radical (unpaired) electrons. The van der Waals surface area contributed by atoms with Gasteiger partial charge in [0.1, 0.15) is 17.4 Å². The highest BCUT2D eigenvalue weighted by Gasteiger charge is 2.19. The molecule has 27 heavy (non-hydrogen) atoms. The summed E-state index contributed by atoms with van der Waals surface area (Å²) >= 11 is 1.43. The molecular formula is C21H23N3O2S. The summed E-state index contributed by atoms with van der Waals surface area (Å²) in [5.41, 5.74) is 2.11. The van der Waals surface area contributed by atoms with E-state index < -0.39 is 0 Å². The number of rotatable bonds is 8. The highest BCUT2D eigenvalue weighted by atomic mass is 32.2. The van der Waals surface area contributed by atoms with Crippen molar-refractivity contribution in [2.75, 3.05) is 6.61 Å². The standard InChI is InChI=1S/C21H23N3O2S/c1-4-26-19-12-10-18(11-13-19)24-20(14-17-8-6-5-7-9-17)22-23-21(24)27-16(3)15(2)25/h5-13,16H,4,14H2,1-3H3. The second kappa shape index (κ2) is 8.86. The number of thioether (sulfide) groups is 1. The molecule has 0 fully saturated rings. The summed E-state index contributed by atoms with van der Waals surface area (Å²) < 4.78 is 7.56. The third-order valence-electron chi connectivity index (χ3n) is 4.17. The lowest BCUT2D eigenvalue weighted by atomic mass is 10.1. The van der Waals surface area contributed by atoms with Crippen LogP contribution in [0.2, 0.25) is 0 Å². The fourth-order valence-electron chi connectivity index (χ4n) is 2.63. The van der Waals surface area contributed by atoms with Crippen LogP contribution in [0.3, 0.4) is 0 Å². The van der Waals surface area contributed by atoms with Gasteiger partial charge in [0, 0.05) is 12.1 Å². The molecule has 0 spiro atoms. The largest absolute Gasteiger partial charge is 0.494 e. The Bertz CT molecular complexity index is 892. The lowest BCUT2D eigenvalue weighted by molar-refractivity contribution is -0.116. The van der Waals surface area contributed by atoms with E-state index in [-0.39, 0.29) is 11.0 Å². The molecule has 3 rings (SSSR count). The molecule has 5 nitrogen and oxygen atoms in total. The van der Waals surface area contributed by atoms with Gasteiger partial charge in [0.2, 0.25) is 0 Å². The molecule has 0 aliphatic heterocycles. The first-order valence-electron chi connectivity index (χ1n) is 8.97. The SMILES string of the molecule is CCOc1ccc(-n2c(Cc3ccccc3)nnc2SC(C)C(C)=O)cc1. The van der Waals surface area contributed by atoms with Gasteiger partial charge in [0.15, 0.2) is 5.16 Å². The first kappa shape index (κ1) is 19.2. The van der Waals surface area contributed by atoms with Crippen molar-refractivity contribution in [1.82, 2.24) is 14.8 Å². The minimum Gasteiger partial charge on any atom is -0.494 e. The van der Waals surface area contributed by atoms with Crippen molar-refractivity contribution in [2.24, 2.45) is 0 Å². The van der Waals surface area contributed by atoms with Gasteiger partial charge in [0.25, 0.3) is 0 Å². The number of hydrogen-bond donors (Lipinski definition) is 0. The van der Waals surface area contributed by atoms with Crippen molar-refractivity contribution in [1.29, 1.82) is 0 Å². The molecule has 0 amide bonds. The minimum atomic E-state index is -0.180. The molecule has 0 N–H and O–H groups in total. The number of carbonyl (C=O) groups is 1. The number of hydrogen-bond acceptors (Lipinski definition) is 5. The van der Waals surface area contributed by atoms with E-state index in [2.05, 4.69) is 22.3 Å². The fraction of sp³-hybridized carbons (Fsp3) is 0.286. The average Bonchev–Trinajstić information content (AvgIpc) is 3.05. The molecular weight excluding hydrogens is 358 g/mol. The second-order valence-corrected chi connectivity index (χ2v) is 7.50. The Morgan fingerprint density at radius 1 is 1.11 bits per heavy atom. The van der Waals surface area contributed by atoms with Gasteiger partial charge in [-0.15, -0.1) is 10.2 Å². The van der Waals surface area contributed by atoms with Gasteiger partial charge in [0.05, 0.1) is 11.9 Å². The van der Waals surface area contributed by atoms with Crippen LogP contribution in [0, 0.1) is 0 Å². The highest BCUT2D eigenvalue weighted by molar-refractivity contribution is 8.00. The maximum Gasteiger partial charge on any atom is 0.196 e. The van der Waals surface area contributed by atoms with E-state index in [1.165, 1.54) is 11.8 Å². The maximum absolute atomic E-state index is 11.7. The smallest absolute Gasteiger partial charge is 0.196 e. The Hall–Kier alpha value is -2.60. The second-order valence-electron chi connectivity index (χ2n) is 6.19. The number of carbonyl (C=O) groups excluding carboxylic acids is 1. The summed E-state index contributed by atoms with van der Waals surface area (Å²) in [6.45, 7) is 6.08. The van der Waals surface area contributed by atoms with Crippen LogP contribution in [0.5, 0.6) is 5.75 Å². The van der Waals surface area contributed by atoms with E-state index in [0.717, 1.165) is 22.8 Å². The predicted octanol–water partition coefficient (Wildman–Crippen LogP) is 4.33. The van der Waals surface area contributed by atoms with Gasteiger partial charge in [-0.1, -0.05) is 42.1 Å². The highest BCUT2D eigenvalue weighted by Crippen LogP contribution is 2.28. The molecule has 3 aromatic rings. The summed E-state index contributed by atoms with van der Waals surface area (Å²) in [5.74, 6) is 1.78. The van der Waals surface area contributed by atoms with Crippen LogP contribution in [0.25, 0.3) is 5.69 Å². The number of nitrogens with zero attached hydrogens (tertiary/aromatic N) is 3. The quantitative estimate of drug-likeness (QED) is 0.544. The average molecular weight is 382 g/mol. The molecule has 0 aliphatic rings. The van der Waals surface area contributed by atoms with E-state index >= 15 is 0 Å². The van der Waals surface area contributed by atoms with Gasteiger partial charge in [-0.2, -0.15) is 0 Å². The zero-order chi connectivity index (χ0) is 19.2. The van der Waals surface area contributed by atoms with Crippen LogP contribution in [0.4, 0.5) is 0 Å². The van der Waals surface area contributed by atoms with Gasteiger partial charge >= 0.3 is 0 Å². The van der Waals surface area contributed by atoms with Crippen LogP contribution < -0.4 is 4.74 Å². The van der Waals surface area contributed by atoms with E-state index in [0.29, 0.717) is 18.2 Å². The van der Waals surface area contributed by atoms with Crippen LogP contribution in [0.15, 0.2) is 59.8 Å². The van der Waals surface area contributed by atoms with Crippen molar-refractivity contribution < 1.29 is 9.53 Å². The van der Waals surface area contributed by atoms with Crippen LogP contribution in [-0.2, 0) is 11.2 Å². The molecule has 1 aromatic heterocycles. The lowest BCUT2D eigenvalue weighted by Crippen LogP contribution is -2.11. The Morgan fingerprint density at radius 2 is 1.81 bits per heavy atom. The Balaban J connectivity index is 1.98. The van der Waals surface area contributed by atoms with E-state index in [1.54, 1.807) is 6.92 Å². The molecule has 1 atom stereocenters. The number of Topliss-reactive ketones (excluding diaryl/α,β-unsaturated/α-hetero) is 1. The third kappa shape index (κ3) is 4.77. The predicted molar refractivity (Wildman–Crippen MR) is 108 cm³/mol.